The smallest absolute Gasteiger partial charge is 0.163 e. The molecule has 0 radical (unpaired) electrons. The van der Waals surface area contributed by atoms with Crippen molar-refractivity contribution in [3.63, 3.8) is 0 Å². The molecule has 0 aliphatic heterocycles. The maximum Gasteiger partial charge on any atom is 0.163 e. The molecule has 0 aliphatic carbocycles. The molecule has 0 atom stereocenters. The van der Waals surface area contributed by atoms with E-state index in [1.54, 1.807) is 11.3 Å². The SMILES string of the molecule is CCCCCC(=O)c1cscc1C. The lowest BCUT2D eigenvalue weighted by Crippen LogP contribution is -1.98. The first-order chi connectivity index (χ1) is 6.25. The minimum atomic E-state index is 0.312. The zero-order chi connectivity index (χ0) is 9.68. The second-order valence-electron chi connectivity index (χ2n) is 3.35. The molecule has 0 saturated carbocycles. The Kier molecular flexibility index (Phi) is 4.16. The molecule has 0 spiro atoms. The van der Waals surface area contributed by atoms with E-state index in [9.17, 15) is 4.79 Å². The van der Waals surface area contributed by atoms with Gasteiger partial charge in [-0.25, -0.2) is 0 Å². The molecular formula is C11H16OS. The van der Waals surface area contributed by atoms with E-state index in [1.165, 1.54) is 6.42 Å². The van der Waals surface area contributed by atoms with Crippen LogP contribution in [0.3, 0.4) is 0 Å². The molecule has 13 heavy (non-hydrogen) atoms. The van der Waals surface area contributed by atoms with Crippen LogP contribution in [0.2, 0.25) is 0 Å². The first kappa shape index (κ1) is 10.5. The van der Waals surface area contributed by atoms with Crippen molar-refractivity contribution in [3.8, 4) is 0 Å². The molecule has 1 rings (SSSR count). The molecule has 0 fully saturated rings. The van der Waals surface area contributed by atoms with Gasteiger partial charge in [0.2, 0.25) is 0 Å². The number of thiophene rings is 1. The lowest BCUT2D eigenvalue weighted by molar-refractivity contribution is 0.0979. The highest BCUT2D eigenvalue weighted by Gasteiger charge is 2.08. The van der Waals surface area contributed by atoms with Crippen molar-refractivity contribution in [2.24, 2.45) is 0 Å². The van der Waals surface area contributed by atoms with E-state index < -0.39 is 0 Å². The highest BCUT2D eigenvalue weighted by atomic mass is 32.1. The van der Waals surface area contributed by atoms with Crippen LogP contribution in [0.25, 0.3) is 0 Å². The molecule has 0 bridgehead atoms. The number of rotatable bonds is 5. The number of unbranched alkanes of at least 4 members (excludes halogenated alkanes) is 2. The average molecular weight is 196 g/mol. The summed E-state index contributed by atoms with van der Waals surface area (Å²) in [7, 11) is 0. The quantitative estimate of drug-likeness (QED) is 0.517. The number of Topliss-reactive ketones (excluding diaryl/α,β-unsaturated/α-hetero) is 1. The van der Waals surface area contributed by atoms with Gasteiger partial charge in [0, 0.05) is 17.4 Å². The van der Waals surface area contributed by atoms with Crippen molar-refractivity contribution in [2.45, 2.75) is 39.5 Å². The zero-order valence-electron chi connectivity index (χ0n) is 8.30. The standard InChI is InChI=1S/C11H16OS/c1-3-4-5-6-11(12)10-8-13-7-9(10)2/h7-8H,3-6H2,1-2H3. The van der Waals surface area contributed by atoms with Gasteiger partial charge in [0.15, 0.2) is 5.78 Å². The first-order valence-corrected chi connectivity index (χ1v) is 5.76. The van der Waals surface area contributed by atoms with Gasteiger partial charge in [0.25, 0.3) is 0 Å². The van der Waals surface area contributed by atoms with E-state index in [1.807, 2.05) is 17.7 Å². The van der Waals surface area contributed by atoms with E-state index in [0.717, 1.165) is 24.0 Å². The molecule has 1 nitrogen and oxygen atoms in total. The van der Waals surface area contributed by atoms with Gasteiger partial charge < -0.3 is 0 Å². The predicted molar refractivity (Wildman–Crippen MR) is 57.5 cm³/mol. The van der Waals surface area contributed by atoms with E-state index in [4.69, 9.17) is 0 Å². The molecule has 0 unspecified atom stereocenters. The van der Waals surface area contributed by atoms with Crippen molar-refractivity contribution in [2.75, 3.05) is 0 Å². The van der Waals surface area contributed by atoms with Gasteiger partial charge in [-0.1, -0.05) is 19.8 Å². The summed E-state index contributed by atoms with van der Waals surface area (Å²) in [6.07, 6.45) is 4.08. The predicted octanol–water partition coefficient (Wildman–Crippen LogP) is 3.82. The second kappa shape index (κ2) is 5.18. The van der Waals surface area contributed by atoms with Crippen LogP contribution in [0, 0.1) is 6.92 Å². The largest absolute Gasteiger partial charge is 0.294 e. The number of aryl methyl sites for hydroxylation is 1. The van der Waals surface area contributed by atoms with Crippen LogP contribution in [0.4, 0.5) is 0 Å². The summed E-state index contributed by atoms with van der Waals surface area (Å²) in [4.78, 5) is 11.6. The fourth-order valence-corrected chi connectivity index (χ4v) is 2.17. The van der Waals surface area contributed by atoms with Crippen LogP contribution < -0.4 is 0 Å². The van der Waals surface area contributed by atoms with E-state index in [0.29, 0.717) is 12.2 Å². The van der Waals surface area contributed by atoms with Crippen LogP contribution in [0.1, 0.15) is 48.5 Å². The maximum absolute atomic E-state index is 11.6. The van der Waals surface area contributed by atoms with Crippen LogP contribution >= 0.6 is 11.3 Å². The van der Waals surface area contributed by atoms with Gasteiger partial charge in [-0.15, -0.1) is 0 Å². The monoisotopic (exact) mass is 196 g/mol. The Bertz CT molecular complexity index is 275. The molecule has 1 aromatic heterocycles. The molecule has 1 heterocycles. The van der Waals surface area contributed by atoms with Crippen molar-refractivity contribution in [1.29, 1.82) is 0 Å². The normalized spacial score (nSPS) is 10.3. The third-order valence-corrected chi connectivity index (χ3v) is 3.02. The molecule has 1 aromatic rings. The fraction of sp³-hybridized carbons (Fsp3) is 0.545. The minimum Gasteiger partial charge on any atom is -0.294 e. The molecule has 0 aromatic carbocycles. The lowest BCUT2D eigenvalue weighted by atomic mass is 10.1. The van der Waals surface area contributed by atoms with Gasteiger partial charge in [0.05, 0.1) is 0 Å². The van der Waals surface area contributed by atoms with Crippen LogP contribution in [-0.4, -0.2) is 5.78 Å². The summed E-state index contributed by atoms with van der Waals surface area (Å²) < 4.78 is 0. The second-order valence-corrected chi connectivity index (χ2v) is 4.09. The highest BCUT2D eigenvalue weighted by molar-refractivity contribution is 7.08. The summed E-state index contributed by atoms with van der Waals surface area (Å²) in [5.41, 5.74) is 2.06. The van der Waals surface area contributed by atoms with Crippen molar-refractivity contribution >= 4 is 17.1 Å². The van der Waals surface area contributed by atoms with E-state index in [2.05, 4.69) is 6.92 Å². The third-order valence-electron chi connectivity index (χ3n) is 2.16. The Morgan fingerprint density at radius 3 is 2.69 bits per heavy atom. The summed E-state index contributed by atoms with van der Waals surface area (Å²) in [5, 5.41) is 4.00. The highest BCUT2D eigenvalue weighted by Crippen LogP contribution is 2.16. The Balaban J connectivity index is 2.45. The molecule has 0 aliphatic rings. The lowest BCUT2D eigenvalue weighted by Gasteiger charge is -1.98. The zero-order valence-corrected chi connectivity index (χ0v) is 9.12. The van der Waals surface area contributed by atoms with Gasteiger partial charge in [-0.05, 0) is 24.3 Å². The molecule has 0 N–H and O–H groups in total. The Hall–Kier alpha value is -0.630. The van der Waals surface area contributed by atoms with Crippen LogP contribution in [-0.2, 0) is 0 Å². The Morgan fingerprint density at radius 2 is 2.15 bits per heavy atom. The third kappa shape index (κ3) is 2.96. The van der Waals surface area contributed by atoms with Crippen molar-refractivity contribution in [3.05, 3.63) is 21.9 Å². The minimum absolute atomic E-state index is 0.312. The van der Waals surface area contributed by atoms with Crippen LogP contribution in [0.15, 0.2) is 10.8 Å². The molecule has 0 saturated heterocycles. The summed E-state index contributed by atoms with van der Waals surface area (Å²) in [6.45, 7) is 4.16. The van der Waals surface area contributed by atoms with Gasteiger partial charge in [0.1, 0.15) is 0 Å². The van der Waals surface area contributed by atoms with E-state index >= 15 is 0 Å². The molecule has 0 amide bonds. The Morgan fingerprint density at radius 1 is 1.38 bits per heavy atom. The first-order valence-electron chi connectivity index (χ1n) is 4.81. The molecule has 2 heteroatoms. The van der Waals surface area contributed by atoms with Crippen molar-refractivity contribution in [1.82, 2.24) is 0 Å². The number of carbonyl (C=O) groups excluding carboxylic acids is 1. The van der Waals surface area contributed by atoms with Gasteiger partial charge in [-0.2, -0.15) is 11.3 Å². The number of carbonyl (C=O) groups is 1. The Labute approximate surface area is 83.8 Å². The molecular weight excluding hydrogens is 180 g/mol. The number of hydrogen-bond donors (Lipinski definition) is 0. The number of hydrogen-bond acceptors (Lipinski definition) is 2. The summed E-state index contributed by atoms with van der Waals surface area (Å²) in [5.74, 6) is 0.312. The fourth-order valence-electron chi connectivity index (χ4n) is 1.32. The topological polar surface area (TPSA) is 17.1 Å². The number of ketones is 1. The van der Waals surface area contributed by atoms with Gasteiger partial charge in [-0.3, -0.25) is 4.79 Å². The van der Waals surface area contributed by atoms with Crippen molar-refractivity contribution < 1.29 is 4.79 Å². The average Bonchev–Trinajstić information content (AvgIpc) is 2.52. The summed E-state index contributed by atoms with van der Waals surface area (Å²) in [6, 6.07) is 0. The van der Waals surface area contributed by atoms with Crippen LogP contribution in [0.5, 0.6) is 0 Å². The maximum atomic E-state index is 11.6. The molecule has 72 valence electrons. The van der Waals surface area contributed by atoms with E-state index in [-0.39, 0.29) is 0 Å². The van der Waals surface area contributed by atoms with Gasteiger partial charge >= 0.3 is 0 Å². The summed E-state index contributed by atoms with van der Waals surface area (Å²) >= 11 is 1.61.